The summed E-state index contributed by atoms with van der Waals surface area (Å²) in [5.41, 5.74) is 0.761. The maximum absolute atomic E-state index is 12.2. The van der Waals surface area contributed by atoms with E-state index in [1.807, 2.05) is 23.2 Å². The molecule has 1 aliphatic rings. The van der Waals surface area contributed by atoms with E-state index in [9.17, 15) is 4.79 Å². The Balaban J connectivity index is 1.39. The van der Waals surface area contributed by atoms with Gasteiger partial charge >= 0.3 is 0 Å². The van der Waals surface area contributed by atoms with Gasteiger partial charge in [-0.05, 0) is 18.2 Å². The van der Waals surface area contributed by atoms with Crippen LogP contribution in [0.4, 0.5) is 11.5 Å². The number of hydrogen-bond acceptors (Lipinski definition) is 6. The lowest BCUT2D eigenvalue weighted by molar-refractivity contribution is -0.120. The molecule has 0 spiro atoms. The standard InChI is InChI=1S/C16H15N7O/c24-16(21-13-2-5-17-6-3-13)12-9-22(10-12)14-8-15(19-11-18-14)23-7-1-4-20-23/h1-8,11-12H,9-10H2,(H,17,21,24). The molecule has 1 saturated heterocycles. The highest BCUT2D eigenvalue weighted by atomic mass is 16.2. The molecule has 4 rings (SSSR count). The first-order valence-corrected chi connectivity index (χ1v) is 7.57. The molecule has 0 atom stereocenters. The number of nitrogens with one attached hydrogen (secondary N) is 1. The van der Waals surface area contributed by atoms with Gasteiger partial charge in [0.05, 0.1) is 5.92 Å². The molecule has 0 radical (unpaired) electrons. The maximum Gasteiger partial charge on any atom is 0.231 e. The van der Waals surface area contributed by atoms with Crippen LogP contribution in [0.1, 0.15) is 0 Å². The summed E-state index contributed by atoms with van der Waals surface area (Å²) in [7, 11) is 0. The molecule has 1 fully saturated rings. The van der Waals surface area contributed by atoms with Gasteiger partial charge in [-0.1, -0.05) is 0 Å². The molecule has 0 aliphatic carbocycles. The van der Waals surface area contributed by atoms with E-state index in [1.165, 1.54) is 6.33 Å². The van der Waals surface area contributed by atoms with E-state index < -0.39 is 0 Å². The molecular formula is C16H15N7O. The molecule has 8 heteroatoms. The number of amides is 1. The first kappa shape index (κ1) is 14.3. The van der Waals surface area contributed by atoms with Gasteiger partial charge in [0.15, 0.2) is 5.82 Å². The monoisotopic (exact) mass is 321 g/mol. The molecule has 1 amide bonds. The quantitative estimate of drug-likeness (QED) is 0.775. The zero-order valence-corrected chi connectivity index (χ0v) is 12.8. The van der Waals surface area contributed by atoms with Crippen LogP contribution in [0.15, 0.2) is 55.4 Å². The third-order valence-corrected chi connectivity index (χ3v) is 3.90. The average Bonchev–Trinajstić information content (AvgIpc) is 3.09. The van der Waals surface area contributed by atoms with E-state index in [4.69, 9.17) is 0 Å². The van der Waals surface area contributed by atoms with Crippen molar-refractivity contribution in [2.24, 2.45) is 5.92 Å². The first-order chi connectivity index (χ1) is 11.8. The van der Waals surface area contributed by atoms with Gasteiger partial charge in [-0.15, -0.1) is 0 Å². The van der Waals surface area contributed by atoms with E-state index in [-0.39, 0.29) is 11.8 Å². The fraction of sp³-hybridized carbons (Fsp3) is 0.188. The summed E-state index contributed by atoms with van der Waals surface area (Å²) in [4.78, 5) is 26.7. The zero-order valence-electron chi connectivity index (χ0n) is 12.8. The Hall–Kier alpha value is -3.29. The second-order valence-electron chi connectivity index (χ2n) is 5.51. The predicted octanol–water partition coefficient (Wildman–Crippen LogP) is 1.13. The molecule has 0 unspecified atom stereocenters. The molecule has 1 N–H and O–H groups in total. The fourth-order valence-electron chi connectivity index (χ4n) is 2.55. The number of carbonyl (C=O) groups is 1. The Morgan fingerprint density at radius 3 is 2.67 bits per heavy atom. The minimum atomic E-state index is -0.0544. The lowest BCUT2D eigenvalue weighted by atomic mass is 9.99. The Morgan fingerprint density at radius 2 is 1.92 bits per heavy atom. The summed E-state index contributed by atoms with van der Waals surface area (Å²) in [6.45, 7) is 1.26. The summed E-state index contributed by atoms with van der Waals surface area (Å²) in [6.07, 6.45) is 8.34. The third-order valence-electron chi connectivity index (χ3n) is 3.90. The molecule has 8 nitrogen and oxygen atoms in total. The van der Waals surface area contributed by atoms with Crippen LogP contribution in [0.2, 0.25) is 0 Å². The Labute approximate surface area is 138 Å². The lowest BCUT2D eigenvalue weighted by Gasteiger charge is -2.39. The number of anilines is 2. The maximum atomic E-state index is 12.2. The minimum Gasteiger partial charge on any atom is -0.355 e. The Morgan fingerprint density at radius 1 is 1.12 bits per heavy atom. The van der Waals surface area contributed by atoms with Crippen molar-refractivity contribution in [3.63, 3.8) is 0 Å². The van der Waals surface area contributed by atoms with Gasteiger partial charge in [0.25, 0.3) is 0 Å². The number of rotatable bonds is 4. The van der Waals surface area contributed by atoms with E-state index >= 15 is 0 Å². The van der Waals surface area contributed by atoms with E-state index in [1.54, 1.807) is 35.4 Å². The van der Waals surface area contributed by atoms with Gasteiger partial charge in [-0.25, -0.2) is 14.6 Å². The van der Waals surface area contributed by atoms with Gasteiger partial charge in [-0.2, -0.15) is 5.10 Å². The molecule has 0 aromatic carbocycles. The van der Waals surface area contributed by atoms with Crippen LogP contribution in [-0.4, -0.2) is 43.7 Å². The van der Waals surface area contributed by atoms with Crippen LogP contribution in [0.25, 0.3) is 5.82 Å². The van der Waals surface area contributed by atoms with Gasteiger partial charge in [0, 0.05) is 49.6 Å². The van der Waals surface area contributed by atoms with Crippen molar-refractivity contribution in [3.8, 4) is 5.82 Å². The highest BCUT2D eigenvalue weighted by molar-refractivity contribution is 5.94. The molecule has 120 valence electrons. The lowest BCUT2D eigenvalue weighted by Crippen LogP contribution is -2.52. The third kappa shape index (κ3) is 2.81. The second kappa shape index (κ2) is 6.07. The molecular weight excluding hydrogens is 306 g/mol. The van der Waals surface area contributed by atoms with Crippen molar-refractivity contribution in [2.75, 3.05) is 23.3 Å². The number of aromatic nitrogens is 5. The smallest absolute Gasteiger partial charge is 0.231 e. The molecule has 4 heterocycles. The van der Waals surface area contributed by atoms with Crippen LogP contribution in [0.3, 0.4) is 0 Å². The van der Waals surface area contributed by atoms with Crippen molar-refractivity contribution in [3.05, 3.63) is 55.4 Å². The number of carbonyl (C=O) groups excluding carboxylic acids is 1. The van der Waals surface area contributed by atoms with Crippen LogP contribution >= 0.6 is 0 Å². The second-order valence-corrected chi connectivity index (χ2v) is 5.51. The van der Waals surface area contributed by atoms with Gasteiger partial charge < -0.3 is 10.2 Å². The topological polar surface area (TPSA) is 88.8 Å². The van der Waals surface area contributed by atoms with Crippen LogP contribution in [-0.2, 0) is 4.79 Å². The fourth-order valence-corrected chi connectivity index (χ4v) is 2.55. The summed E-state index contributed by atoms with van der Waals surface area (Å²) in [5.74, 6) is 1.46. The predicted molar refractivity (Wildman–Crippen MR) is 87.7 cm³/mol. The Kier molecular flexibility index (Phi) is 3.62. The zero-order chi connectivity index (χ0) is 16.4. The summed E-state index contributed by atoms with van der Waals surface area (Å²) in [5, 5.41) is 7.06. The van der Waals surface area contributed by atoms with E-state index in [0.717, 1.165) is 11.5 Å². The number of nitrogens with zero attached hydrogens (tertiary/aromatic N) is 6. The van der Waals surface area contributed by atoms with Crippen molar-refractivity contribution >= 4 is 17.4 Å². The molecule has 0 saturated carbocycles. The van der Waals surface area contributed by atoms with Crippen LogP contribution in [0.5, 0.6) is 0 Å². The van der Waals surface area contributed by atoms with Gasteiger partial charge in [0.1, 0.15) is 12.1 Å². The molecule has 0 bridgehead atoms. The number of pyridine rings is 1. The summed E-state index contributed by atoms with van der Waals surface area (Å²) >= 11 is 0. The van der Waals surface area contributed by atoms with Gasteiger partial charge in [-0.3, -0.25) is 9.78 Å². The SMILES string of the molecule is O=C(Nc1ccncc1)C1CN(c2cc(-n3cccn3)ncn2)C1. The van der Waals surface area contributed by atoms with Crippen LogP contribution < -0.4 is 10.2 Å². The molecule has 24 heavy (non-hydrogen) atoms. The first-order valence-electron chi connectivity index (χ1n) is 7.57. The normalized spacial score (nSPS) is 14.2. The average molecular weight is 321 g/mol. The summed E-state index contributed by atoms with van der Waals surface area (Å²) in [6, 6.07) is 7.25. The minimum absolute atomic E-state index is 0.0128. The highest BCUT2D eigenvalue weighted by Gasteiger charge is 2.33. The van der Waals surface area contributed by atoms with Crippen LogP contribution in [0, 0.1) is 5.92 Å². The van der Waals surface area contributed by atoms with E-state index in [0.29, 0.717) is 18.9 Å². The highest BCUT2D eigenvalue weighted by Crippen LogP contribution is 2.24. The Bertz CT molecular complexity index is 829. The van der Waals surface area contributed by atoms with Gasteiger partial charge in [0.2, 0.25) is 5.91 Å². The number of hydrogen-bond donors (Lipinski definition) is 1. The van der Waals surface area contributed by atoms with Crippen molar-refractivity contribution in [1.82, 2.24) is 24.7 Å². The molecule has 1 aliphatic heterocycles. The summed E-state index contributed by atoms with van der Waals surface area (Å²) < 4.78 is 1.68. The van der Waals surface area contributed by atoms with Crippen molar-refractivity contribution in [2.45, 2.75) is 0 Å². The molecule has 3 aromatic rings. The molecule has 3 aromatic heterocycles. The van der Waals surface area contributed by atoms with Crippen molar-refractivity contribution < 1.29 is 4.79 Å². The van der Waals surface area contributed by atoms with Crippen molar-refractivity contribution in [1.29, 1.82) is 0 Å². The largest absolute Gasteiger partial charge is 0.355 e. The van der Waals surface area contributed by atoms with E-state index in [2.05, 4.69) is 25.4 Å².